The van der Waals surface area contributed by atoms with Crippen molar-refractivity contribution in [1.82, 2.24) is 4.90 Å². The smallest absolute Gasteiger partial charge is 0.221 e. The van der Waals surface area contributed by atoms with E-state index in [0.717, 1.165) is 30.7 Å². The van der Waals surface area contributed by atoms with Crippen molar-refractivity contribution in [3.05, 3.63) is 29.8 Å². The van der Waals surface area contributed by atoms with Crippen LogP contribution in [-0.2, 0) is 4.79 Å². The molecule has 0 aromatic heterocycles. The monoisotopic (exact) mass is 291 g/mol. The Morgan fingerprint density at radius 3 is 2.76 bits per heavy atom. The Labute approximate surface area is 126 Å². The number of carbonyl (C=O) groups excluding carboxylic acids is 1. The van der Waals surface area contributed by atoms with Crippen molar-refractivity contribution in [1.29, 1.82) is 0 Å². The Morgan fingerprint density at radius 2 is 2.14 bits per heavy atom. The number of piperidine rings is 1. The van der Waals surface area contributed by atoms with Crippen molar-refractivity contribution in [2.45, 2.75) is 31.8 Å². The number of carbonyl (C=O) groups is 1. The fourth-order valence-electron chi connectivity index (χ4n) is 3.21. The first-order valence-corrected chi connectivity index (χ1v) is 7.46. The average molecular weight is 291 g/mol. The zero-order valence-electron chi connectivity index (χ0n) is 12.8. The lowest BCUT2D eigenvalue weighted by Gasteiger charge is -2.39. The number of nitrogens with two attached hydrogens (primary N) is 2. The SMILES string of the molecule is COc1ccccc1C(C(C)N)N1CCCC(C(N)=O)C1. The number of hydrogen-bond donors (Lipinski definition) is 2. The summed E-state index contributed by atoms with van der Waals surface area (Å²) in [5.74, 6) is 0.527. The molecule has 0 bridgehead atoms. The van der Waals surface area contributed by atoms with Crippen LogP contribution in [0.4, 0.5) is 0 Å². The van der Waals surface area contributed by atoms with Gasteiger partial charge in [-0.05, 0) is 32.4 Å². The molecule has 1 aliphatic rings. The summed E-state index contributed by atoms with van der Waals surface area (Å²) in [6, 6.07) is 7.89. The summed E-state index contributed by atoms with van der Waals surface area (Å²) in [6.45, 7) is 3.58. The van der Waals surface area contributed by atoms with E-state index in [1.165, 1.54) is 0 Å². The van der Waals surface area contributed by atoms with Crippen LogP contribution in [0.15, 0.2) is 24.3 Å². The number of methoxy groups -OCH3 is 1. The van der Waals surface area contributed by atoms with Crippen LogP contribution in [0, 0.1) is 5.92 Å². The number of rotatable bonds is 5. The first-order valence-electron chi connectivity index (χ1n) is 7.46. The van der Waals surface area contributed by atoms with Gasteiger partial charge < -0.3 is 16.2 Å². The first kappa shape index (κ1) is 15.8. The fraction of sp³-hybridized carbons (Fsp3) is 0.562. The van der Waals surface area contributed by atoms with E-state index in [1.807, 2.05) is 31.2 Å². The molecular weight excluding hydrogens is 266 g/mol. The molecule has 1 saturated heterocycles. The van der Waals surface area contributed by atoms with E-state index in [1.54, 1.807) is 7.11 Å². The Balaban J connectivity index is 2.28. The van der Waals surface area contributed by atoms with Gasteiger partial charge in [-0.2, -0.15) is 0 Å². The summed E-state index contributed by atoms with van der Waals surface area (Å²) in [5.41, 5.74) is 12.8. The summed E-state index contributed by atoms with van der Waals surface area (Å²) < 4.78 is 5.47. The second-order valence-electron chi connectivity index (χ2n) is 5.78. The zero-order valence-corrected chi connectivity index (χ0v) is 12.8. The highest BCUT2D eigenvalue weighted by molar-refractivity contribution is 5.77. The lowest BCUT2D eigenvalue weighted by atomic mass is 9.91. The Kier molecular flexibility index (Phi) is 5.20. The van der Waals surface area contributed by atoms with Gasteiger partial charge >= 0.3 is 0 Å². The van der Waals surface area contributed by atoms with E-state index in [0.29, 0.717) is 6.54 Å². The number of ether oxygens (including phenoxy) is 1. The molecule has 1 aromatic rings. The lowest BCUT2D eigenvalue weighted by molar-refractivity contribution is -0.123. The maximum Gasteiger partial charge on any atom is 0.221 e. The van der Waals surface area contributed by atoms with E-state index in [2.05, 4.69) is 4.90 Å². The predicted octanol–water partition coefficient (Wildman–Crippen LogP) is 1.28. The highest BCUT2D eigenvalue weighted by Gasteiger charge is 2.32. The third-order valence-electron chi connectivity index (χ3n) is 4.20. The number of benzene rings is 1. The van der Waals surface area contributed by atoms with Gasteiger partial charge in [0.05, 0.1) is 19.1 Å². The van der Waals surface area contributed by atoms with Crippen molar-refractivity contribution in [3.63, 3.8) is 0 Å². The number of primary amides is 1. The number of amides is 1. The molecule has 5 nitrogen and oxygen atoms in total. The number of para-hydroxylation sites is 1. The standard InChI is InChI=1S/C16H25N3O2/c1-11(17)15(13-7-3-4-8-14(13)21-2)19-9-5-6-12(10-19)16(18)20/h3-4,7-8,11-12,15H,5-6,9-10,17H2,1-2H3,(H2,18,20). The van der Waals surface area contributed by atoms with Crippen LogP contribution in [0.5, 0.6) is 5.75 Å². The molecule has 116 valence electrons. The van der Waals surface area contributed by atoms with Gasteiger partial charge in [0.2, 0.25) is 5.91 Å². The average Bonchev–Trinajstić information content (AvgIpc) is 2.48. The molecule has 0 radical (unpaired) electrons. The molecule has 1 fully saturated rings. The molecule has 5 heteroatoms. The van der Waals surface area contributed by atoms with Crippen LogP contribution in [0.2, 0.25) is 0 Å². The summed E-state index contributed by atoms with van der Waals surface area (Å²) in [5, 5.41) is 0. The van der Waals surface area contributed by atoms with Gasteiger partial charge in [-0.15, -0.1) is 0 Å². The molecule has 1 aliphatic heterocycles. The van der Waals surface area contributed by atoms with Crippen molar-refractivity contribution in [2.75, 3.05) is 20.2 Å². The van der Waals surface area contributed by atoms with Crippen molar-refractivity contribution >= 4 is 5.91 Å². The van der Waals surface area contributed by atoms with Gasteiger partial charge in [-0.3, -0.25) is 9.69 Å². The van der Waals surface area contributed by atoms with Crippen LogP contribution in [0.3, 0.4) is 0 Å². The third-order valence-corrected chi connectivity index (χ3v) is 4.20. The molecule has 3 unspecified atom stereocenters. The molecule has 21 heavy (non-hydrogen) atoms. The summed E-state index contributed by atoms with van der Waals surface area (Å²) in [6.07, 6.45) is 1.83. The fourth-order valence-corrected chi connectivity index (χ4v) is 3.21. The minimum absolute atomic E-state index is 0.0308. The highest BCUT2D eigenvalue weighted by Crippen LogP contribution is 2.33. The topological polar surface area (TPSA) is 81.6 Å². The molecule has 2 rings (SSSR count). The van der Waals surface area contributed by atoms with E-state index in [9.17, 15) is 4.79 Å². The van der Waals surface area contributed by atoms with Gasteiger partial charge in [0.1, 0.15) is 5.75 Å². The first-order chi connectivity index (χ1) is 10.0. The second kappa shape index (κ2) is 6.91. The van der Waals surface area contributed by atoms with E-state index >= 15 is 0 Å². The van der Waals surface area contributed by atoms with Crippen LogP contribution in [0.25, 0.3) is 0 Å². The minimum atomic E-state index is -0.219. The molecule has 1 heterocycles. The highest BCUT2D eigenvalue weighted by atomic mass is 16.5. The Bertz CT molecular complexity index is 490. The zero-order chi connectivity index (χ0) is 15.4. The molecule has 4 N–H and O–H groups in total. The third kappa shape index (κ3) is 3.54. The normalized spacial score (nSPS) is 22.5. The summed E-state index contributed by atoms with van der Waals surface area (Å²) in [4.78, 5) is 13.8. The molecule has 0 spiro atoms. The van der Waals surface area contributed by atoms with Crippen molar-refractivity contribution in [2.24, 2.45) is 17.4 Å². The maximum atomic E-state index is 11.5. The number of likely N-dealkylation sites (tertiary alicyclic amines) is 1. The van der Waals surface area contributed by atoms with Gasteiger partial charge in [-0.25, -0.2) is 0 Å². The van der Waals surface area contributed by atoms with E-state index < -0.39 is 0 Å². The molecule has 1 aromatic carbocycles. The van der Waals surface area contributed by atoms with Gasteiger partial charge in [0.25, 0.3) is 0 Å². The van der Waals surface area contributed by atoms with Gasteiger partial charge in [-0.1, -0.05) is 18.2 Å². The summed E-state index contributed by atoms with van der Waals surface area (Å²) >= 11 is 0. The van der Waals surface area contributed by atoms with Crippen molar-refractivity contribution < 1.29 is 9.53 Å². The Morgan fingerprint density at radius 1 is 1.43 bits per heavy atom. The maximum absolute atomic E-state index is 11.5. The van der Waals surface area contributed by atoms with Gasteiger partial charge in [0, 0.05) is 18.2 Å². The van der Waals surface area contributed by atoms with Crippen molar-refractivity contribution in [3.8, 4) is 5.75 Å². The largest absolute Gasteiger partial charge is 0.496 e. The molecule has 1 amide bonds. The second-order valence-corrected chi connectivity index (χ2v) is 5.78. The molecule has 0 saturated carbocycles. The van der Waals surface area contributed by atoms with Crippen LogP contribution in [-0.4, -0.2) is 37.0 Å². The van der Waals surface area contributed by atoms with E-state index in [4.69, 9.17) is 16.2 Å². The minimum Gasteiger partial charge on any atom is -0.496 e. The predicted molar refractivity (Wildman–Crippen MR) is 82.9 cm³/mol. The number of nitrogens with zero attached hydrogens (tertiary/aromatic N) is 1. The molecule has 3 atom stereocenters. The number of hydrogen-bond acceptors (Lipinski definition) is 4. The van der Waals surface area contributed by atoms with Crippen LogP contribution >= 0.6 is 0 Å². The van der Waals surface area contributed by atoms with Crippen LogP contribution < -0.4 is 16.2 Å². The summed E-state index contributed by atoms with van der Waals surface area (Å²) in [7, 11) is 1.67. The quantitative estimate of drug-likeness (QED) is 0.856. The van der Waals surface area contributed by atoms with Gasteiger partial charge in [0.15, 0.2) is 0 Å². The van der Waals surface area contributed by atoms with Crippen LogP contribution in [0.1, 0.15) is 31.4 Å². The molecular formula is C16H25N3O2. The lowest BCUT2D eigenvalue weighted by Crippen LogP contribution is -2.47. The van der Waals surface area contributed by atoms with E-state index in [-0.39, 0.29) is 23.9 Å². The Hall–Kier alpha value is -1.59. The molecule has 0 aliphatic carbocycles.